The van der Waals surface area contributed by atoms with Gasteiger partial charge in [-0.1, -0.05) is 19.8 Å². The van der Waals surface area contributed by atoms with E-state index in [0.29, 0.717) is 16.6 Å². The molecule has 144 valence electrons. The molecule has 0 bridgehead atoms. The molecular weight excluding hydrogens is 350 g/mol. The molecule has 8 heteroatoms. The number of urea groups is 1. The van der Waals surface area contributed by atoms with Crippen LogP contribution in [0.1, 0.15) is 32.6 Å². The fourth-order valence-corrected chi connectivity index (χ4v) is 3.53. The highest BCUT2D eigenvalue weighted by Gasteiger charge is 2.46. The minimum Gasteiger partial charge on any atom is -0.497 e. The van der Waals surface area contributed by atoms with Crippen molar-refractivity contribution in [1.29, 1.82) is 0 Å². The van der Waals surface area contributed by atoms with Gasteiger partial charge in [0.25, 0.3) is 0 Å². The van der Waals surface area contributed by atoms with Gasteiger partial charge >= 0.3 is 17.8 Å². The maximum absolute atomic E-state index is 12.6. The van der Waals surface area contributed by atoms with Crippen LogP contribution in [-0.4, -0.2) is 48.3 Å². The number of imide groups is 2. The number of carbonyl (C=O) groups is 4. The largest absolute Gasteiger partial charge is 0.497 e. The molecule has 3 rings (SSSR count). The number of hydrogen-bond acceptors (Lipinski definition) is 5. The molecule has 1 saturated carbocycles. The summed E-state index contributed by atoms with van der Waals surface area (Å²) in [5, 5.41) is 2.89. The Balaban J connectivity index is 1.69. The smallest absolute Gasteiger partial charge is 0.339 e. The van der Waals surface area contributed by atoms with Crippen molar-refractivity contribution in [2.45, 2.75) is 38.6 Å². The van der Waals surface area contributed by atoms with E-state index in [0.717, 1.165) is 30.6 Å². The number of methoxy groups -OCH3 is 1. The molecule has 2 aliphatic rings. The van der Waals surface area contributed by atoms with Crippen LogP contribution in [0.25, 0.3) is 0 Å². The van der Waals surface area contributed by atoms with Gasteiger partial charge in [-0.25, -0.2) is 14.6 Å². The molecule has 1 heterocycles. The maximum atomic E-state index is 12.6. The highest BCUT2D eigenvalue weighted by molar-refractivity contribution is 6.53. The van der Waals surface area contributed by atoms with Crippen molar-refractivity contribution in [3.63, 3.8) is 0 Å². The number of nitrogens with one attached hydrogen (secondary N) is 1. The van der Waals surface area contributed by atoms with Crippen molar-refractivity contribution in [3.05, 3.63) is 24.3 Å². The monoisotopic (exact) mass is 373 g/mol. The summed E-state index contributed by atoms with van der Waals surface area (Å²) < 4.78 is 5.04. The third-order valence-electron chi connectivity index (χ3n) is 5.14. The average Bonchev–Trinajstić information content (AvgIpc) is 2.87. The topological polar surface area (TPSA) is 96.0 Å². The van der Waals surface area contributed by atoms with Gasteiger partial charge in [-0.2, -0.15) is 0 Å². The molecule has 1 aromatic carbocycles. The van der Waals surface area contributed by atoms with E-state index in [1.54, 1.807) is 12.1 Å². The third-order valence-corrected chi connectivity index (χ3v) is 5.14. The van der Waals surface area contributed by atoms with Crippen molar-refractivity contribution in [2.75, 3.05) is 18.6 Å². The van der Waals surface area contributed by atoms with Crippen molar-refractivity contribution < 1.29 is 23.9 Å². The Hall–Kier alpha value is -2.90. The number of benzene rings is 1. The van der Waals surface area contributed by atoms with Crippen molar-refractivity contribution >= 4 is 29.4 Å². The lowest BCUT2D eigenvalue weighted by Crippen LogP contribution is -2.47. The van der Waals surface area contributed by atoms with E-state index in [1.165, 1.54) is 19.2 Å². The summed E-state index contributed by atoms with van der Waals surface area (Å²) in [6.45, 7) is 1.62. The molecular formula is C19H23N3O5. The summed E-state index contributed by atoms with van der Waals surface area (Å²) in [6, 6.07) is 5.40. The molecule has 2 atom stereocenters. The number of ether oxygens (including phenoxy) is 1. The third kappa shape index (κ3) is 3.79. The summed E-state index contributed by atoms with van der Waals surface area (Å²) in [7, 11) is 1.50. The van der Waals surface area contributed by atoms with E-state index in [2.05, 4.69) is 12.2 Å². The van der Waals surface area contributed by atoms with E-state index >= 15 is 0 Å². The van der Waals surface area contributed by atoms with Crippen molar-refractivity contribution in [3.8, 4) is 5.75 Å². The molecule has 1 aliphatic carbocycles. The Morgan fingerprint density at radius 1 is 1.11 bits per heavy atom. The molecule has 1 saturated heterocycles. The van der Waals surface area contributed by atoms with Crippen LogP contribution in [0.5, 0.6) is 5.75 Å². The first-order chi connectivity index (χ1) is 12.9. The zero-order valence-electron chi connectivity index (χ0n) is 15.4. The fourth-order valence-electron chi connectivity index (χ4n) is 3.53. The first-order valence-electron chi connectivity index (χ1n) is 9.05. The van der Waals surface area contributed by atoms with Gasteiger partial charge in [-0.05, 0) is 43.0 Å². The first kappa shape index (κ1) is 18.9. The first-order valence-corrected chi connectivity index (χ1v) is 9.05. The van der Waals surface area contributed by atoms with Gasteiger partial charge in [0.1, 0.15) is 12.3 Å². The Labute approximate surface area is 157 Å². The highest BCUT2D eigenvalue weighted by atomic mass is 16.5. The van der Waals surface area contributed by atoms with E-state index in [4.69, 9.17) is 4.74 Å². The molecule has 1 N–H and O–H groups in total. The van der Waals surface area contributed by atoms with Gasteiger partial charge in [-0.3, -0.25) is 14.4 Å². The number of nitrogens with zero attached hydrogens (tertiary/aromatic N) is 2. The molecule has 0 spiro atoms. The molecule has 0 radical (unpaired) electrons. The summed E-state index contributed by atoms with van der Waals surface area (Å²) >= 11 is 0. The number of carbonyl (C=O) groups excluding carboxylic acids is 4. The number of anilines is 1. The quantitative estimate of drug-likeness (QED) is 0.626. The van der Waals surface area contributed by atoms with E-state index in [9.17, 15) is 19.2 Å². The standard InChI is InChI=1S/C19H23N3O5/c1-12-5-3-4-6-15(12)20-16(23)11-21-17(24)18(25)22(19(21)26)13-7-9-14(27-2)10-8-13/h7-10,12,15H,3-6,11H2,1-2H3,(H,20,23)/t12-,15+/m1/s1. The number of amides is 5. The van der Waals surface area contributed by atoms with Gasteiger partial charge < -0.3 is 10.1 Å². The van der Waals surface area contributed by atoms with Gasteiger partial charge in [0.15, 0.2) is 0 Å². The Morgan fingerprint density at radius 2 is 1.78 bits per heavy atom. The molecule has 1 aliphatic heterocycles. The minimum absolute atomic E-state index is 0.0347. The fraction of sp³-hybridized carbons (Fsp3) is 0.474. The minimum atomic E-state index is -0.998. The lowest BCUT2D eigenvalue weighted by molar-refractivity contribution is -0.140. The lowest BCUT2D eigenvalue weighted by Gasteiger charge is -2.29. The Kier molecular flexibility index (Phi) is 5.43. The van der Waals surface area contributed by atoms with Crippen LogP contribution in [0.4, 0.5) is 10.5 Å². The molecule has 2 fully saturated rings. The normalized spacial score (nSPS) is 23.0. The van der Waals surface area contributed by atoms with Gasteiger partial charge in [0, 0.05) is 6.04 Å². The van der Waals surface area contributed by atoms with Crippen LogP contribution in [0.15, 0.2) is 24.3 Å². The second-order valence-electron chi connectivity index (χ2n) is 6.95. The van der Waals surface area contributed by atoms with Crippen molar-refractivity contribution in [1.82, 2.24) is 10.2 Å². The van der Waals surface area contributed by atoms with Crippen LogP contribution in [0, 0.1) is 5.92 Å². The molecule has 5 amide bonds. The lowest BCUT2D eigenvalue weighted by atomic mass is 9.86. The zero-order valence-corrected chi connectivity index (χ0v) is 15.4. The Bertz CT molecular complexity index is 761. The number of hydrogen-bond donors (Lipinski definition) is 1. The maximum Gasteiger partial charge on any atom is 0.339 e. The predicted molar refractivity (Wildman–Crippen MR) is 97.2 cm³/mol. The highest BCUT2D eigenvalue weighted by Crippen LogP contribution is 2.25. The summed E-state index contributed by atoms with van der Waals surface area (Å²) in [4.78, 5) is 50.9. The zero-order chi connectivity index (χ0) is 19.6. The van der Waals surface area contributed by atoms with Crippen LogP contribution in [-0.2, 0) is 14.4 Å². The van der Waals surface area contributed by atoms with E-state index in [1.807, 2.05) is 0 Å². The molecule has 1 aromatic rings. The van der Waals surface area contributed by atoms with Crippen LogP contribution in [0.2, 0.25) is 0 Å². The second-order valence-corrected chi connectivity index (χ2v) is 6.95. The van der Waals surface area contributed by atoms with Gasteiger partial charge in [0.05, 0.1) is 12.8 Å². The van der Waals surface area contributed by atoms with E-state index < -0.39 is 30.3 Å². The summed E-state index contributed by atoms with van der Waals surface area (Å²) in [5.41, 5.74) is 0.253. The summed E-state index contributed by atoms with van der Waals surface area (Å²) in [5.74, 6) is -1.49. The van der Waals surface area contributed by atoms with Crippen LogP contribution >= 0.6 is 0 Å². The van der Waals surface area contributed by atoms with Crippen LogP contribution < -0.4 is 15.0 Å². The summed E-state index contributed by atoms with van der Waals surface area (Å²) in [6.07, 6.45) is 4.10. The molecule has 8 nitrogen and oxygen atoms in total. The van der Waals surface area contributed by atoms with E-state index in [-0.39, 0.29) is 11.7 Å². The Morgan fingerprint density at radius 3 is 2.41 bits per heavy atom. The number of rotatable bonds is 5. The molecule has 0 aromatic heterocycles. The van der Waals surface area contributed by atoms with Crippen molar-refractivity contribution in [2.24, 2.45) is 5.92 Å². The van der Waals surface area contributed by atoms with Gasteiger partial charge in [-0.15, -0.1) is 0 Å². The second kappa shape index (κ2) is 7.77. The SMILES string of the molecule is COc1ccc(N2C(=O)C(=O)N(CC(=O)N[C@H]3CCCC[C@H]3C)C2=O)cc1. The van der Waals surface area contributed by atoms with Gasteiger partial charge in [0.2, 0.25) is 5.91 Å². The van der Waals surface area contributed by atoms with Crippen LogP contribution in [0.3, 0.4) is 0 Å². The average molecular weight is 373 g/mol. The predicted octanol–water partition coefficient (Wildman–Crippen LogP) is 1.69. The molecule has 0 unspecified atom stereocenters. The molecule has 27 heavy (non-hydrogen) atoms.